The van der Waals surface area contributed by atoms with Crippen LogP contribution in [0.1, 0.15) is 32.4 Å². The number of rotatable bonds is 7. The molecule has 1 atom stereocenters. The summed E-state index contributed by atoms with van der Waals surface area (Å²) in [6, 6.07) is 17.0. The third kappa shape index (κ3) is 4.83. The molecule has 1 amide bonds. The summed E-state index contributed by atoms with van der Waals surface area (Å²) in [4.78, 5) is 12.8. The van der Waals surface area contributed by atoms with Crippen molar-refractivity contribution in [1.82, 2.24) is 5.32 Å². The van der Waals surface area contributed by atoms with Crippen molar-refractivity contribution in [3.63, 3.8) is 0 Å². The van der Waals surface area contributed by atoms with Gasteiger partial charge in [-0.15, -0.1) is 0 Å². The Morgan fingerprint density at radius 3 is 2.35 bits per heavy atom. The van der Waals surface area contributed by atoms with Crippen molar-refractivity contribution in [2.75, 3.05) is 11.9 Å². The van der Waals surface area contributed by atoms with E-state index in [1.54, 1.807) is 0 Å². The number of carbonyl (C=O) groups excluding carboxylic acids is 1. The van der Waals surface area contributed by atoms with Gasteiger partial charge in [-0.1, -0.05) is 42.5 Å². The second-order valence-corrected chi connectivity index (χ2v) is 5.58. The van der Waals surface area contributed by atoms with Gasteiger partial charge in [0, 0.05) is 6.04 Å². The zero-order chi connectivity index (χ0) is 16.7. The van der Waals surface area contributed by atoms with E-state index < -0.39 is 6.04 Å². The van der Waals surface area contributed by atoms with Gasteiger partial charge in [0.2, 0.25) is 5.91 Å². The number of carbonyl (C=O) groups is 1. The van der Waals surface area contributed by atoms with Crippen LogP contribution in [0.3, 0.4) is 0 Å². The van der Waals surface area contributed by atoms with Crippen LogP contribution in [0, 0.1) is 0 Å². The van der Waals surface area contributed by atoms with Crippen molar-refractivity contribution in [2.24, 2.45) is 0 Å². The van der Waals surface area contributed by atoms with Crippen LogP contribution in [0.25, 0.3) is 0 Å². The normalized spacial score (nSPS) is 12.0. The standard InChI is InChI=1S/C19H24N2O2/c1-4-23-17-13-9-8-12-16(17)21-19(22)18(20-14(2)3)15-10-6-5-7-11-15/h5-14,18,20H,4H2,1-3H3,(H,21,22). The SMILES string of the molecule is CCOc1ccccc1NC(=O)C(NC(C)C)c1ccccc1. The maximum absolute atomic E-state index is 12.8. The molecule has 0 bridgehead atoms. The molecular formula is C19H24N2O2. The third-order valence-electron chi connectivity index (χ3n) is 3.34. The number of benzene rings is 2. The van der Waals surface area contributed by atoms with Gasteiger partial charge < -0.3 is 10.1 Å². The Labute approximate surface area is 137 Å². The van der Waals surface area contributed by atoms with E-state index in [1.807, 2.05) is 75.4 Å². The van der Waals surface area contributed by atoms with E-state index in [-0.39, 0.29) is 11.9 Å². The van der Waals surface area contributed by atoms with Crippen molar-refractivity contribution in [2.45, 2.75) is 32.9 Å². The average Bonchev–Trinajstić information content (AvgIpc) is 2.55. The van der Waals surface area contributed by atoms with Crippen LogP contribution in [-0.4, -0.2) is 18.6 Å². The monoisotopic (exact) mass is 312 g/mol. The van der Waals surface area contributed by atoms with E-state index in [9.17, 15) is 4.79 Å². The van der Waals surface area contributed by atoms with Crippen molar-refractivity contribution in [3.8, 4) is 5.75 Å². The molecule has 0 heterocycles. The molecule has 2 N–H and O–H groups in total. The molecule has 4 heteroatoms. The van der Waals surface area contributed by atoms with Gasteiger partial charge in [-0.05, 0) is 38.5 Å². The fraction of sp³-hybridized carbons (Fsp3) is 0.316. The third-order valence-corrected chi connectivity index (χ3v) is 3.34. The van der Waals surface area contributed by atoms with Gasteiger partial charge in [0.05, 0.1) is 12.3 Å². The van der Waals surface area contributed by atoms with Gasteiger partial charge >= 0.3 is 0 Å². The first-order valence-corrected chi connectivity index (χ1v) is 7.95. The Hall–Kier alpha value is -2.33. The van der Waals surface area contributed by atoms with Crippen LogP contribution >= 0.6 is 0 Å². The van der Waals surface area contributed by atoms with Crippen molar-refractivity contribution >= 4 is 11.6 Å². The second kappa shape index (κ2) is 8.34. The number of anilines is 1. The molecule has 0 fully saturated rings. The molecule has 0 saturated carbocycles. The zero-order valence-electron chi connectivity index (χ0n) is 13.9. The Morgan fingerprint density at radius 1 is 1.04 bits per heavy atom. The predicted molar refractivity (Wildman–Crippen MR) is 93.7 cm³/mol. The summed E-state index contributed by atoms with van der Waals surface area (Å²) in [7, 11) is 0. The Bertz CT molecular complexity index is 626. The minimum atomic E-state index is -0.411. The highest BCUT2D eigenvalue weighted by Gasteiger charge is 2.22. The van der Waals surface area contributed by atoms with E-state index >= 15 is 0 Å². The Morgan fingerprint density at radius 2 is 1.70 bits per heavy atom. The topological polar surface area (TPSA) is 50.4 Å². The van der Waals surface area contributed by atoms with Crippen LogP contribution in [0.5, 0.6) is 5.75 Å². The molecule has 0 aliphatic carbocycles. The highest BCUT2D eigenvalue weighted by atomic mass is 16.5. The number of hydrogen-bond donors (Lipinski definition) is 2. The summed E-state index contributed by atoms with van der Waals surface area (Å²) in [5.41, 5.74) is 1.62. The first-order valence-electron chi connectivity index (χ1n) is 7.95. The minimum Gasteiger partial charge on any atom is -0.492 e. The first-order chi connectivity index (χ1) is 11.1. The molecule has 0 aliphatic heterocycles. The maximum atomic E-state index is 12.8. The van der Waals surface area contributed by atoms with Gasteiger partial charge in [-0.25, -0.2) is 0 Å². The largest absolute Gasteiger partial charge is 0.492 e. The zero-order valence-corrected chi connectivity index (χ0v) is 13.9. The summed E-state index contributed by atoms with van der Waals surface area (Å²) in [6.07, 6.45) is 0. The minimum absolute atomic E-state index is 0.1000. The van der Waals surface area contributed by atoms with Gasteiger partial charge in [0.15, 0.2) is 0 Å². The van der Waals surface area contributed by atoms with Crippen LogP contribution in [0.4, 0.5) is 5.69 Å². The quantitative estimate of drug-likeness (QED) is 0.818. The van der Waals surface area contributed by atoms with E-state index in [0.717, 1.165) is 5.56 Å². The summed E-state index contributed by atoms with van der Waals surface area (Å²) < 4.78 is 5.57. The maximum Gasteiger partial charge on any atom is 0.246 e. The van der Waals surface area contributed by atoms with E-state index in [4.69, 9.17) is 4.74 Å². The molecule has 0 saturated heterocycles. The lowest BCUT2D eigenvalue weighted by atomic mass is 10.1. The van der Waals surface area contributed by atoms with E-state index in [2.05, 4.69) is 10.6 Å². The molecule has 0 aliphatic rings. The van der Waals surface area contributed by atoms with Gasteiger partial charge in [-0.2, -0.15) is 0 Å². The van der Waals surface area contributed by atoms with Crippen molar-refractivity contribution in [1.29, 1.82) is 0 Å². The van der Waals surface area contributed by atoms with E-state index in [0.29, 0.717) is 18.0 Å². The van der Waals surface area contributed by atoms with Crippen LogP contribution in [-0.2, 0) is 4.79 Å². The summed E-state index contributed by atoms with van der Waals surface area (Å²) in [5.74, 6) is 0.580. The molecule has 2 aromatic carbocycles. The smallest absolute Gasteiger partial charge is 0.246 e. The number of amides is 1. The second-order valence-electron chi connectivity index (χ2n) is 5.58. The first kappa shape index (κ1) is 17.0. The lowest BCUT2D eigenvalue weighted by Crippen LogP contribution is -2.37. The lowest BCUT2D eigenvalue weighted by Gasteiger charge is -2.22. The predicted octanol–water partition coefficient (Wildman–Crippen LogP) is 3.76. The van der Waals surface area contributed by atoms with Crippen LogP contribution in [0.15, 0.2) is 54.6 Å². The van der Waals surface area contributed by atoms with Gasteiger partial charge in [0.25, 0.3) is 0 Å². The Balaban J connectivity index is 2.21. The summed E-state index contributed by atoms with van der Waals surface area (Å²) in [6.45, 7) is 6.53. The average molecular weight is 312 g/mol. The molecule has 2 rings (SSSR count). The molecule has 1 unspecified atom stereocenters. The lowest BCUT2D eigenvalue weighted by molar-refractivity contribution is -0.118. The molecule has 2 aromatic rings. The van der Waals surface area contributed by atoms with E-state index in [1.165, 1.54) is 0 Å². The molecular weight excluding hydrogens is 288 g/mol. The summed E-state index contributed by atoms with van der Waals surface area (Å²) >= 11 is 0. The molecule has 122 valence electrons. The highest BCUT2D eigenvalue weighted by Crippen LogP contribution is 2.25. The van der Waals surface area contributed by atoms with Gasteiger partial charge in [-0.3, -0.25) is 10.1 Å². The number of hydrogen-bond acceptors (Lipinski definition) is 3. The van der Waals surface area contributed by atoms with Gasteiger partial charge in [0.1, 0.15) is 11.8 Å². The van der Waals surface area contributed by atoms with Crippen LogP contribution < -0.4 is 15.4 Å². The molecule has 23 heavy (non-hydrogen) atoms. The molecule has 0 aromatic heterocycles. The fourth-order valence-electron chi connectivity index (χ4n) is 2.36. The molecule has 0 spiro atoms. The summed E-state index contributed by atoms with van der Waals surface area (Å²) in [5, 5.41) is 6.29. The number of para-hydroxylation sites is 2. The molecule has 4 nitrogen and oxygen atoms in total. The molecule has 0 radical (unpaired) electrons. The van der Waals surface area contributed by atoms with Crippen LogP contribution in [0.2, 0.25) is 0 Å². The Kier molecular flexibility index (Phi) is 6.18. The van der Waals surface area contributed by atoms with Crippen molar-refractivity contribution in [3.05, 3.63) is 60.2 Å². The highest BCUT2D eigenvalue weighted by molar-refractivity contribution is 5.96. The number of ether oxygens (including phenoxy) is 1. The fourth-order valence-corrected chi connectivity index (χ4v) is 2.36. The number of nitrogens with one attached hydrogen (secondary N) is 2. The van der Waals surface area contributed by atoms with Crippen molar-refractivity contribution < 1.29 is 9.53 Å².